The topological polar surface area (TPSA) is 66.0 Å². The quantitative estimate of drug-likeness (QED) is 0.126. The Kier molecular flexibility index (Phi) is 16.9. The molecule has 180 valence electrons. The summed E-state index contributed by atoms with van der Waals surface area (Å²) in [4.78, 5) is 12.0. The summed E-state index contributed by atoms with van der Waals surface area (Å²) < 4.78 is 21.5. The van der Waals surface area contributed by atoms with E-state index in [4.69, 9.17) is 18.5 Å². The van der Waals surface area contributed by atoms with Crippen molar-refractivity contribution in [2.75, 3.05) is 27.4 Å². The number of hydrogen-bond acceptors (Lipinski definition) is 5. The van der Waals surface area contributed by atoms with E-state index in [2.05, 4.69) is 72.8 Å². The van der Waals surface area contributed by atoms with Crippen molar-refractivity contribution in [2.45, 2.75) is 64.1 Å². The Hall–Kier alpha value is -1.56. The molecule has 1 amide bonds. The van der Waals surface area contributed by atoms with Gasteiger partial charge in [0, 0.05) is 20.6 Å². The Bertz CT molecular complexity index is 628. The van der Waals surface area contributed by atoms with Crippen LogP contribution in [0.5, 0.6) is 0 Å². The van der Waals surface area contributed by atoms with Gasteiger partial charge in [0.1, 0.15) is 13.2 Å². The van der Waals surface area contributed by atoms with Crippen LogP contribution < -0.4 is 5.09 Å². The summed E-state index contributed by atoms with van der Waals surface area (Å²) >= 11 is 0. The predicted octanol–water partition coefficient (Wildman–Crippen LogP) is 6.29. The number of ether oxygens (including phenoxy) is 2. The van der Waals surface area contributed by atoms with Gasteiger partial charge in [-0.25, -0.2) is 0 Å². The van der Waals surface area contributed by atoms with Gasteiger partial charge in [-0.05, 0) is 44.9 Å². The molecule has 1 N–H and O–H groups in total. The lowest BCUT2D eigenvalue weighted by Gasteiger charge is -2.36. The van der Waals surface area contributed by atoms with Gasteiger partial charge in [0.15, 0.2) is 0 Å². The molecule has 1 aliphatic heterocycles. The van der Waals surface area contributed by atoms with Crippen LogP contribution in [0.25, 0.3) is 0 Å². The molecule has 6 nitrogen and oxygen atoms in total. The van der Waals surface area contributed by atoms with Crippen molar-refractivity contribution in [2.24, 2.45) is 0 Å². The first kappa shape index (κ1) is 28.5. The van der Waals surface area contributed by atoms with E-state index in [0.717, 1.165) is 44.9 Å². The van der Waals surface area contributed by atoms with Crippen LogP contribution in [0.3, 0.4) is 0 Å². The largest absolute Gasteiger partial charge is 0.349 e. The van der Waals surface area contributed by atoms with Crippen molar-refractivity contribution in [3.63, 3.8) is 0 Å². The summed E-state index contributed by atoms with van der Waals surface area (Å²) in [6.45, 7) is 2.60. The molecule has 0 bridgehead atoms. The molecule has 32 heavy (non-hydrogen) atoms. The van der Waals surface area contributed by atoms with Crippen LogP contribution in [0.15, 0.2) is 60.8 Å². The minimum atomic E-state index is -1.42. The SMILES string of the molecule is CC/C=C\C/C=C\C/C=C\C/C=C\C/C=C\CCCC(=O)NP1OCC(OC)(OC)CO1. The van der Waals surface area contributed by atoms with E-state index < -0.39 is 14.3 Å². The highest BCUT2D eigenvalue weighted by atomic mass is 31.2. The third-order valence-electron chi connectivity index (χ3n) is 4.70. The minimum Gasteiger partial charge on any atom is -0.349 e. The molecule has 0 aromatic heterocycles. The second-order valence-electron chi connectivity index (χ2n) is 7.26. The van der Waals surface area contributed by atoms with Crippen LogP contribution in [-0.2, 0) is 23.3 Å². The lowest BCUT2D eigenvalue weighted by Crippen LogP contribution is -2.46. The molecule has 1 rings (SSSR count). The van der Waals surface area contributed by atoms with Crippen molar-refractivity contribution < 1.29 is 23.3 Å². The van der Waals surface area contributed by atoms with Crippen molar-refractivity contribution in [3.8, 4) is 0 Å². The first-order valence-electron chi connectivity index (χ1n) is 11.4. The fourth-order valence-electron chi connectivity index (χ4n) is 2.68. The number of carbonyl (C=O) groups is 1. The molecule has 0 aromatic carbocycles. The Morgan fingerprint density at radius 2 is 1.31 bits per heavy atom. The number of amides is 1. The predicted molar refractivity (Wildman–Crippen MR) is 132 cm³/mol. The van der Waals surface area contributed by atoms with Gasteiger partial charge in [0.05, 0.1) is 0 Å². The van der Waals surface area contributed by atoms with Crippen molar-refractivity contribution >= 4 is 14.4 Å². The van der Waals surface area contributed by atoms with Gasteiger partial charge in [-0.3, -0.25) is 9.88 Å². The molecule has 0 unspecified atom stereocenters. The molecule has 7 heteroatoms. The van der Waals surface area contributed by atoms with E-state index in [-0.39, 0.29) is 19.1 Å². The second kappa shape index (κ2) is 19.0. The second-order valence-corrected chi connectivity index (χ2v) is 8.51. The monoisotopic (exact) mass is 465 g/mol. The molecule has 1 heterocycles. The van der Waals surface area contributed by atoms with Crippen molar-refractivity contribution in [3.05, 3.63) is 60.8 Å². The lowest BCUT2D eigenvalue weighted by molar-refractivity contribution is -0.248. The normalized spacial score (nSPS) is 17.6. The lowest BCUT2D eigenvalue weighted by atomic mass is 10.2. The summed E-state index contributed by atoms with van der Waals surface area (Å²) in [5.41, 5.74) is 0. The summed E-state index contributed by atoms with van der Waals surface area (Å²) in [6, 6.07) is 0. The molecule has 0 atom stereocenters. The van der Waals surface area contributed by atoms with Gasteiger partial charge in [-0.2, -0.15) is 0 Å². The van der Waals surface area contributed by atoms with Crippen LogP contribution >= 0.6 is 8.53 Å². The molecule has 0 saturated carbocycles. The number of nitrogens with one attached hydrogen (secondary N) is 1. The smallest absolute Gasteiger partial charge is 0.289 e. The molecule has 0 radical (unpaired) electrons. The van der Waals surface area contributed by atoms with Crippen LogP contribution in [0.4, 0.5) is 0 Å². The zero-order valence-electron chi connectivity index (χ0n) is 19.8. The Morgan fingerprint density at radius 1 is 0.844 bits per heavy atom. The van der Waals surface area contributed by atoms with E-state index in [1.165, 1.54) is 14.2 Å². The highest BCUT2D eigenvalue weighted by Gasteiger charge is 2.38. The summed E-state index contributed by atoms with van der Waals surface area (Å²) in [5.74, 6) is -0.951. The zero-order valence-corrected chi connectivity index (χ0v) is 20.7. The van der Waals surface area contributed by atoms with Crippen LogP contribution in [0.1, 0.15) is 58.3 Å². The van der Waals surface area contributed by atoms with E-state index in [1.807, 2.05) is 0 Å². The average Bonchev–Trinajstić information content (AvgIpc) is 2.82. The molecular weight excluding hydrogens is 425 g/mol. The van der Waals surface area contributed by atoms with Crippen molar-refractivity contribution in [1.29, 1.82) is 0 Å². The van der Waals surface area contributed by atoms with Gasteiger partial charge >= 0.3 is 0 Å². The van der Waals surface area contributed by atoms with E-state index >= 15 is 0 Å². The highest BCUT2D eigenvalue weighted by Crippen LogP contribution is 2.40. The molecule has 0 aromatic rings. The Morgan fingerprint density at radius 3 is 1.78 bits per heavy atom. The van der Waals surface area contributed by atoms with E-state index in [0.29, 0.717) is 6.42 Å². The Labute approximate surface area is 195 Å². The van der Waals surface area contributed by atoms with Gasteiger partial charge in [-0.1, -0.05) is 67.7 Å². The highest BCUT2D eigenvalue weighted by molar-refractivity contribution is 7.45. The van der Waals surface area contributed by atoms with Crippen LogP contribution in [-0.4, -0.2) is 39.1 Å². The maximum absolute atomic E-state index is 12.0. The number of allylic oxidation sites excluding steroid dienone is 10. The summed E-state index contributed by atoms with van der Waals surface area (Å²) in [6.07, 6.45) is 28.9. The number of unbranched alkanes of at least 4 members (excludes halogenated alkanes) is 1. The van der Waals surface area contributed by atoms with Gasteiger partial charge in [-0.15, -0.1) is 0 Å². The molecule has 0 aliphatic carbocycles. The number of rotatable bonds is 16. The van der Waals surface area contributed by atoms with Crippen LogP contribution in [0.2, 0.25) is 0 Å². The summed E-state index contributed by atoms with van der Waals surface area (Å²) in [7, 11) is 1.65. The molecule has 1 saturated heterocycles. The van der Waals surface area contributed by atoms with Crippen molar-refractivity contribution in [1.82, 2.24) is 5.09 Å². The number of hydrogen-bond donors (Lipinski definition) is 1. The fraction of sp³-hybridized carbons (Fsp3) is 0.560. The maximum atomic E-state index is 12.0. The standard InChI is InChI=1S/C25H40NO5P/c1-4-5-6-7-8-9-10-11-12-13-14-15-16-17-18-19-20-21-24(27)26-32-30-22-25(28-2,29-3)23-31-32/h5-6,8-9,11-12,14-15,17-18H,4,7,10,13,16,19-23H2,1-3H3,(H,26,27)/b6-5-,9-8-,12-11-,15-14-,18-17-. The average molecular weight is 466 g/mol. The van der Waals surface area contributed by atoms with Gasteiger partial charge in [0.2, 0.25) is 11.7 Å². The fourth-order valence-corrected chi connectivity index (χ4v) is 3.83. The first-order chi connectivity index (χ1) is 15.7. The molecule has 1 fully saturated rings. The molecule has 1 aliphatic rings. The summed E-state index contributed by atoms with van der Waals surface area (Å²) in [5, 5.41) is 2.78. The van der Waals surface area contributed by atoms with Crippen LogP contribution in [0, 0.1) is 0 Å². The first-order valence-corrected chi connectivity index (χ1v) is 12.5. The zero-order chi connectivity index (χ0) is 23.3. The molecular formula is C25H40NO5P. The number of carbonyl (C=O) groups excluding carboxylic acids is 1. The maximum Gasteiger partial charge on any atom is 0.289 e. The molecule has 0 spiro atoms. The Balaban J connectivity index is 2.01. The van der Waals surface area contributed by atoms with E-state index in [9.17, 15) is 4.79 Å². The van der Waals surface area contributed by atoms with Gasteiger partial charge in [0.25, 0.3) is 8.53 Å². The van der Waals surface area contributed by atoms with E-state index in [1.54, 1.807) is 0 Å². The van der Waals surface area contributed by atoms with Gasteiger partial charge < -0.3 is 18.5 Å². The third kappa shape index (κ3) is 13.8. The minimum absolute atomic E-state index is 0.0641. The number of methoxy groups -OCH3 is 2. The third-order valence-corrected chi connectivity index (χ3v) is 5.85.